The first-order chi connectivity index (χ1) is 12.0. The van der Waals surface area contributed by atoms with Gasteiger partial charge in [0.1, 0.15) is 0 Å². The highest BCUT2D eigenvalue weighted by Crippen LogP contribution is 2.23. The summed E-state index contributed by atoms with van der Waals surface area (Å²) in [5.41, 5.74) is 2.63. The molecule has 0 aliphatic carbocycles. The van der Waals surface area contributed by atoms with Crippen LogP contribution in [0.3, 0.4) is 0 Å². The van der Waals surface area contributed by atoms with Crippen molar-refractivity contribution < 1.29 is 9.59 Å². The van der Waals surface area contributed by atoms with Gasteiger partial charge in [0.25, 0.3) is 5.91 Å². The summed E-state index contributed by atoms with van der Waals surface area (Å²) in [5.74, 6) is 0.0789. The molecule has 1 aliphatic rings. The van der Waals surface area contributed by atoms with Gasteiger partial charge in [-0.1, -0.05) is 46.3 Å². The molecule has 4 nitrogen and oxygen atoms in total. The minimum Gasteiger partial charge on any atom is -0.345 e. The Morgan fingerprint density at radius 3 is 2.76 bits per heavy atom. The van der Waals surface area contributed by atoms with Crippen molar-refractivity contribution in [3.8, 4) is 0 Å². The van der Waals surface area contributed by atoms with Crippen molar-refractivity contribution in [3.05, 3.63) is 69.7 Å². The highest BCUT2D eigenvalue weighted by atomic mass is 79.9. The summed E-state index contributed by atoms with van der Waals surface area (Å²) < 4.78 is 0.976. The van der Waals surface area contributed by atoms with Crippen LogP contribution >= 0.6 is 15.9 Å². The van der Waals surface area contributed by atoms with Crippen molar-refractivity contribution in [2.24, 2.45) is 0 Å². The first-order valence-corrected chi connectivity index (χ1v) is 9.26. The summed E-state index contributed by atoms with van der Waals surface area (Å²) in [6.07, 6.45) is 1.55. The molecule has 0 saturated carbocycles. The fourth-order valence-corrected chi connectivity index (χ4v) is 3.71. The highest BCUT2D eigenvalue weighted by molar-refractivity contribution is 9.10. The fraction of sp³-hybridized carbons (Fsp3) is 0.300. The lowest BCUT2D eigenvalue weighted by molar-refractivity contribution is -0.128. The number of benzene rings is 2. The summed E-state index contributed by atoms with van der Waals surface area (Å²) in [4.78, 5) is 26.2. The lowest BCUT2D eigenvalue weighted by Crippen LogP contribution is -2.27. The first kappa shape index (κ1) is 17.7. The zero-order valence-electron chi connectivity index (χ0n) is 14.2. The number of likely N-dealkylation sites (tertiary alicyclic amines) is 1. The number of amides is 2. The van der Waals surface area contributed by atoms with Crippen LogP contribution in [0.5, 0.6) is 0 Å². The Morgan fingerprint density at radius 1 is 1.24 bits per heavy atom. The smallest absolute Gasteiger partial charge is 0.251 e. The standard InChI is InChI=1S/C20H21BrN2O2/c1-14(17-8-2-3-9-18(17)21)22-20(25)16-7-4-6-15(12-16)13-23-11-5-10-19(23)24/h2-4,6-9,12,14H,5,10-11,13H2,1H3,(H,22,25)/t14-/m0/s1. The van der Waals surface area contributed by atoms with E-state index in [1.165, 1.54) is 0 Å². The van der Waals surface area contributed by atoms with Gasteiger partial charge in [0.2, 0.25) is 5.91 Å². The average molecular weight is 401 g/mol. The molecule has 130 valence electrons. The van der Waals surface area contributed by atoms with E-state index < -0.39 is 0 Å². The maximum Gasteiger partial charge on any atom is 0.251 e. The van der Waals surface area contributed by atoms with E-state index >= 15 is 0 Å². The van der Waals surface area contributed by atoms with Crippen molar-refractivity contribution in [3.63, 3.8) is 0 Å². The van der Waals surface area contributed by atoms with Crippen molar-refractivity contribution >= 4 is 27.7 Å². The summed E-state index contributed by atoms with van der Waals surface area (Å²) in [7, 11) is 0. The van der Waals surface area contributed by atoms with E-state index in [0.717, 1.165) is 28.6 Å². The Labute approximate surface area is 156 Å². The monoisotopic (exact) mass is 400 g/mol. The molecule has 1 atom stereocenters. The normalized spacial score (nSPS) is 15.3. The Balaban J connectivity index is 1.69. The van der Waals surface area contributed by atoms with Gasteiger partial charge in [-0.25, -0.2) is 0 Å². The molecule has 0 aromatic heterocycles. The van der Waals surface area contributed by atoms with Gasteiger partial charge in [0.05, 0.1) is 6.04 Å². The molecule has 0 bridgehead atoms. The summed E-state index contributed by atoms with van der Waals surface area (Å²) in [6, 6.07) is 15.3. The largest absolute Gasteiger partial charge is 0.345 e. The number of hydrogen-bond donors (Lipinski definition) is 1. The van der Waals surface area contributed by atoms with Gasteiger partial charge in [0.15, 0.2) is 0 Å². The number of nitrogens with one attached hydrogen (secondary N) is 1. The number of halogens is 1. The van der Waals surface area contributed by atoms with E-state index in [1.54, 1.807) is 6.07 Å². The van der Waals surface area contributed by atoms with Gasteiger partial charge in [-0.15, -0.1) is 0 Å². The van der Waals surface area contributed by atoms with Crippen molar-refractivity contribution in [2.75, 3.05) is 6.54 Å². The maximum absolute atomic E-state index is 12.6. The van der Waals surface area contributed by atoms with Crippen LogP contribution < -0.4 is 5.32 Å². The van der Waals surface area contributed by atoms with E-state index in [0.29, 0.717) is 18.5 Å². The van der Waals surface area contributed by atoms with Gasteiger partial charge in [-0.2, -0.15) is 0 Å². The van der Waals surface area contributed by atoms with Crippen LogP contribution in [0.2, 0.25) is 0 Å². The molecule has 2 aromatic carbocycles. The average Bonchev–Trinajstić information content (AvgIpc) is 3.00. The molecule has 0 spiro atoms. The summed E-state index contributed by atoms with van der Waals surface area (Å²) >= 11 is 3.52. The summed E-state index contributed by atoms with van der Waals surface area (Å²) in [5, 5.41) is 3.03. The first-order valence-electron chi connectivity index (χ1n) is 8.46. The van der Waals surface area contributed by atoms with E-state index in [9.17, 15) is 9.59 Å². The van der Waals surface area contributed by atoms with Gasteiger partial charge in [-0.05, 0) is 42.7 Å². The SMILES string of the molecule is C[C@H](NC(=O)c1cccc(CN2CCCC2=O)c1)c1ccccc1Br. The van der Waals surface area contributed by atoms with Crippen LogP contribution in [0.4, 0.5) is 0 Å². The second-order valence-electron chi connectivity index (χ2n) is 6.34. The third kappa shape index (κ3) is 4.28. The van der Waals surface area contributed by atoms with E-state index in [2.05, 4.69) is 21.2 Å². The molecule has 2 amide bonds. The Kier molecular flexibility index (Phi) is 5.53. The maximum atomic E-state index is 12.6. The third-order valence-corrected chi connectivity index (χ3v) is 5.18. The van der Waals surface area contributed by atoms with E-state index in [-0.39, 0.29) is 17.9 Å². The van der Waals surface area contributed by atoms with E-state index in [1.807, 2.05) is 54.3 Å². The molecule has 3 rings (SSSR count). The molecule has 25 heavy (non-hydrogen) atoms. The molecule has 1 fully saturated rings. The Morgan fingerprint density at radius 2 is 2.04 bits per heavy atom. The second kappa shape index (κ2) is 7.83. The molecular formula is C20H21BrN2O2. The van der Waals surface area contributed by atoms with Gasteiger partial charge in [0, 0.05) is 29.5 Å². The van der Waals surface area contributed by atoms with Crippen LogP contribution in [0.25, 0.3) is 0 Å². The molecule has 2 aromatic rings. The number of hydrogen-bond acceptors (Lipinski definition) is 2. The molecule has 0 unspecified atom stereocenters. The van der Waals surface area contributed by atoms with Crippen LogP contribution in [0, 0.1) is 0 Å². The topological polar surface area (TPSA) is 49.4 Å². The molecule has 1 heterocycles. The Bertz CT molecular complexity index is 791. The minimum atomic E-state index is -0.113. The minimum absolute atomic E-state index is 0.105. The summed E-state index contributed by atoms with van der Waals surface area (Å²) in [6.45, 7) is 3.33. The van der Waals surface area contributed by atoms with Gasteiger partial charge in [-0.3, -0.25) is 9.59 Å². The van der Waals surface area contributed by atoms with Gasteiger partial charge < -0.3 is 10.2 Å². The van der Waals surface area contributed by atoms with Crippen LogP contribution in [0.1, 0.15) is 47.3 Å². The highest BCUT2D eigenvalue weighted by Gasteiger charge is 2.20. The second-order valence-corrected chi connectivity index (χ2v) is 7.19. The van der Waals surface area contributed by atoms with E-state index in [4.69, 9.17) is 0 Å². The quantitative estimate of drug-likeness (QED) is 0.822. The lowest BCUT2D eigenvalue weighted by atomic mass is 10.1. The molecule has 1 aliphatic heterocycles. The number of carbonyl (C=O) groups excluding carboxylic acids is 2. The van der Waals surface area contributed by atoms with Crippen LogP contribution in [0.15, 0.2) is 53.0 Å². The van der Waals surface area contributed by atoms with Crippen molar-refractivity contribution in [2.45, 2.75) is 32.4 Å². The van der Waals surface area contributed by atoms with Gasteiger partial charge >= 0.3 is 0 Å². The third-order valence-electron chi connectivity index (χ3n) is 4.45. The lowest BCUT2D eigenvalue weighted by Gasteiger charge is -2.18. The van der Waals surface area contributed by atoms with Crippen LogP contribution in [-0.2, 0) is 11.3 Å². The predicted molar refractivity (Wildman–Crippen MR) is 101 cm³/mol. The zero-order valence-corrected chi connectivity index (χ0v) is 15.8. The van der Waals surface area contributed by atoms with Crippen molar-refractivity contribution in [1.29, 1.82) is 0 Å². The zero-order chi connectivity index (χ0) is 17.8. The fourth-order valence-electron chi connectivity index (χ4n) is 3.09. The number of rotatable bonds is 5. The molecule has 0 radical (unpaired) electrons. The molecule has 1 saturated heterocycles. The molecule has 5 heteroatoms. The molecular weight excluding hydrogens is 380 g/mol. The number of nitrogens with zero attached hydrogens (tertiary/aromatic N) is 1. The van der Waals surface area contributed by atoms with Crippen molar-refractivity contribution in [1.82, 2.24) is 10.2 Å². The van der Waals surface area contributed by atoms with Crippen LogP contribution in [-0.4, -0.2) is 23.3 Å². The number of carbonyl (C=O) groups is 2. The Hall–Kier alpha value is -2.14. The predicted octanol–water partition coefficient (Wildman–Crippen LogP) is 4.06. The molecule has 1 N–H and O–H groups in total.